The summed E-state index contributed by atoms with van der Waals surface area (Å²) in [6.45, 7) is 0. The van der Waals surface area contributed by atoms with Crippen molar-refractivity contribution in [3.05, 3.63) is 194 Å². The van der Waals surface area contributed by atoms with Crippen LogP contribution in [-0.2, 0) is 0 Å². The molecule has 66 heavy (non-hydrogen) atoms. The predicted octanol–water partition coefficient (Wildman–Crippen LogP) is 16.6. The van der Waals surface area contributed by atoms with Crippen LogP contribution in [0, 0.1) is 0 Å². The SMILES string of the molecule is ICOc1ccc(-n2c3ccccc3c3cc(-c4ccc5c(c4)c4cc(-c6ccc7c(c6)c6ccccc6n7-c6ccc(OCI)cc6)ccc4n5-c4ccc(OCI)cc4)ccc32)cc1. The van der Waals surface area contributed by atoms with Crippen LogP contribution >= 0.6 is 67.8 Å². The minimum atomic E-state index is 0.597. The van der Waals surface area contributed by atoms with Crippen molar-refractivity contribution in [1.29, 1.82) is 0 Å². The van der Waals surface area contributed by atoms with Gasteiger partial charge in [0, 0.05) is 49.4 Å². The van der Waals surface area contributed by atoms with Crippen molar-refractivity contribution in [2.24, 2.45) is 0 Å². The van der Waals surface area contributed by atoms with Crippen LogP contribution in [0.3, 0.4) is 0 Å². The zero-order chi connectivity index (χ0) is 44.3. The number of nitrogens with zero attached hydrogens (tertiary/aromatic N) is 3. The Balaban J connectivity index is 1.01. The molecule has 9 aromatic carbocycles. The zero-order valence-corrected chi connectivity index (χ0v) is 41.8. The Hall–Kier alpha value is -6.03. The van der Waals surface area contributed by atoms with E-state index in [0.29, 0.717) is 13.8 Å². The third-order valence-corrected chi connectivity index (χ3v) is 13.7. The smallest absolute Gasteiger partial charge is 0.139 e. The number of ether oxygens (including phenoxy) is 3. The van der Waals surface area contributed by atoms with E-state index in [1.54, 1.807) is 0 Å². The largest absolute Gasteiger partial charge is 0.483 e. The fourth-order valence-corrected chi connectivity index (χ4v) is 10.9. The number of benzene rings is 9. The predicted molar refractivity (Wildman–Crippen MR) is 299 cm³/mol. The highest BCUT2D eigenvalue weighted by Gasteiger charge is 2.19. The van der Waals surface area contributed by atoms with E-state index in [4.69, 9.17) is 14.2 Å². The Morgan fingerprint density at radius 1 is 0.273 bits per heavy atom. The highest BCUT2D eigenvalue weighted by atomic mass is 127. The molecule has 3 heterocycles. The van der Waals surface area contributed by atoms with Crippen LogP contribution in [0.15, 0.2) is 194 Å². The van der Waals surface area contributed by atoms with Crippen LogP contribution in [0.5, 0.6) is 17.2 Å². The molecule has 12 rings (SSSR count). The molecular weight excluding hydrogens is 1160 g/mol. The molecule has 0 unspecified atom stereocenters. The third kappa shape index (κ3) is 7.08. The summed E-state index contributed by atoms with van der Waals surface area (Å²) < 4.78 is 26.3. The van der Waals surface area contributed by atoms with Crippen LogP contribution in [0.25, 0.3) is 105 Å². The number of hydrogen-bond donors (Lipinski definition) is 0. The summed E-state index contributed by atoms with van der Waals surface area (Å²) in [6.07, 6.45) is 0. The van der Waals surface area contributed by atoms with Crippen LogP contribution in [0.1, 0.15) is 0 Å². The molecule has 12 aromatic rings. The highest BCUT2D eigenvalue weighted by molar-refractivity contribution is 14.1. The minimum Gasteiger partial charge on any atom is -0.483 e. The van der Waals surface area contributed by atoms with Crippen molar-refractivity contribution in [3.8, 4) is 56.6 Å². The van der Waals surface area contributed by atoms with E-state index in [9.17, 15) is 0 Å². The zero-order valence-electron chi connectivity index (χ0n) is 35.3. The minimum absolute atomic E-state index is 0.597. The van der Waals surface area contributed by atoms with Crippen molar-refractivity contribution >= 4 is 133 Å². The lowest BCUT2D eigenvalue weighted by Gasteiger charge is -2.11. The van der Waals surface area contributed by atoms with Crippen LogP contribution in [-0.4, -0.2) is 27.5 Å². The van der Waals surface area contributed by atoms with E-state index < -0.39 is 0 Å². The highest BCUT2D eigenvalue weighted by Crippen LogP contribution is 2.41. The van der Waals surface area contributed by atoms with E-state index in [-0.39, 0.29) is 0 Å². The summed E-state index contributed by atoms with van der Waals surface area (Å²) in [5, 5.41) is 7.26. The molecule has 0 N–H and O–H groups in total. The summed E-state index contributed by atoms with van der Waals surface area (Å²) in [5.74, 6) is 2.59. The van der Waals surface area contributed by atoms with E-state index in [2.05, 4.69) is 276 Å². The maximum atomic E-state index is 5.84. The van der Waals surface area contributed by atoms with E-state index >= 15 is 0 Å². The van der Waals surface area contributed by atoms with Crippen molar-refractivity contribution in [1.82, 2.24) is 13.7 Å². The molecule has 6 nitrogen and oxygen atoms in total. The van der Waals surface area contributed by atoms with E-state index in [1.807, 2.05) is 0 Å². The molecule has 0 radical (unpaired) electrons. The van der Waals surface area contributed by atoms with Gasteiger partial charge in [-0.3, -0.25) is 0 Å². The molecule has 0 aliphatic carbocycles. The van der Waals surface area contributed by atoms with E-state index in [0.717, 1.165) is 45.3 Å². The molecule has 0 aliphatic heterocycles. The number of rotatable bonds is 11. The van der Waals surface area contributed by atoms with Gasteiger partial charge in [0.05, 0.1) is 33.1 Å². The van der Waals surface area contributed by atoms with Gasteiger partial charge >= 0.3 is 0 Å². The van der Waals surface area contributed by atoms with Crippen molar-refractivity contribution in [2.75, 3.05) is 13.8 Å². The molecule has 0 atom stereocenters. The van der Waals surface area contributed by atoms with Crippen LogP contribution in [0.4, 0.5) is 0 Å². The first kappa shape index (κ1) is 41.4. The molecule has 0 saturated heterocycles. The van der Waals surface area contributed by atoms with Gasteiger partial charge in [-0.2, -0.15) is 0 Å². The van der Waals surface area contributed by atoms with Gasteiger partial charge < -0.3 is 27.9 Å². The topological polar surface area (TPSA) is 42.5 Å². The Morgan fingerprint density at radius 3 is 0.818 bits per heavy atom. The van der Waals surface area contributed by atoms with Crippen molar-refractivity contribution < 1.29 is 14.2 Å². The first-order valence-electron chi connectivity index (χ1n) is 21.6. The number of para-hydroxylation sites is 2. The average molecular weight is 1190 g/mol. The molecule has 3 aromatic heterocycles. The van der Waals surface area contributed by atoms with Crippen molar-refractivity contribution in [2.45, 2.75) is 0 Å². The lowest BCUT2D eigenvalue weighted by atomic mass is 9.98. The summed E-state index contributed by atoms with van der Waals surface area (Å²) in [5.41, 5.74) is 14.9. The summed E-state index contributed by atoms with van der Waals surface area (Å²) >= 11 is 6.71. The van der Waals surface area contributed by atoms with Gasteiger partial charge in [-0.05, 0) is 223 Å². The molecule has 9 heteroatoms. The maximum Gasteiger partial charge on any atom is 0.139 e. The lowest BCUT2D eigenvalue weighted by Crippen LogP contribution is -1.95. The van der Waals surface area contributed by atoms with Gasteiger partial charge in [0.15, 0.2) is 0 Å². The van der Waals surface area contributed by atoms with Gasteiger partial charge in [-0.1, -0.05) is 60.7 Å². The lowest BCUT2D eigenvalue weighted by molar-refractivity contribution is 0.404. The maximum absolute atomic E-state index is 5.84. The molecule has 320 valence electrons. The summed E-state index contributed by atoms with van der Waals surface area (Å²) in [7, 11) is 0. The quantitative estimate of drug-likeness (QED) is 0.0957. The number of alkyl halides is 3. The van der Waals surface area contributed by atoms with Gasteiger partial charge in [-0.25, -0.2) is 0 Å². The summed E-state index contributed by atoms with van der Waals surface area (Å²) in [6, 6.07) is 70.2. The number of fused-ring (bicyclic) bond motifs is 9. The van der Waals surface area contributed by atoms with Crippen LogP contribution < -0.4 is 14.2 Å². The van der Waals surface area contributed by atoms with Gasteiger partial charge in [0.1, 0.15) is 31.1 Å². The molecule has 0 saturated carbocycles. The Bertz CT molecular complexity index is 3570. The normalized spacial score (nSPS) is 11.7. The van der Waals surface area contributed by atoms with Crippen LogP contribution in [0.2, 0.25) is 0 Å². The second-order valence-corrected chi connectivity index (χ2v) is 18.1. The second-order valence-electron chi connectivity index (χ2n) is 16.2. The van der Waals surface area contributed by atoms with Gasteiger partial charge in [-0.15, -0.1) is 0 Å². The molecule has 0 spiro atoms. The summed E-state index contributed by atoms with van der Waals surface area (Å²) in [4.78, 5) is 0. The number of halogens is 3. The first-order valence-corrected chi connectivity index (χ1v) is 26.2. The standard InChI is InChI=1S/C57H38I3N3O3/c58-33-64-43-19-13-40(14-20-43)61-52-7-3-1-5-46(52)48-29-36(9-25-54(48)61)38-11-27-56-50(31-38)51-32-39(12-28-57(51)63(56)42-17-23-45(24-18-42)66-35-60)37-10-26-55-49(30-37)47-6-2-4-8-53(47)62(55)41-15-21-44(22-16-41)65-34-59/h1-32H,33-35H2. The van der Waals surface area contributed by atoms with E-state index in [1.165, 1.54) is 76.6 Å². The fraction of sp³-hybridized carbons (Fsp3) is 0.0526. The molecule has 0 amide bonds. The monoisotopic (exact) mass is 1190 g/mol. The van der Waals surface area contributed by atoms with Gasteiger partial charge in [0.2, 0.25) is 0 Å². The van der Waals surface area contributed by atoms with Crippen molar-refractivity contribution in [3.63, 3.8) is 0 Å². The Morgan fingerprint density at radius 2 is 0.530 bits per heavy atom. The Kier molecular flexibility index (Phi) is 10.9. The Labute approximate surface area is 421 Å². The molecule has 0 fully saturated rings. The number of aromatic nitrogens is 3. The van der Waals surface area contributed by atoms with Gasteiger partial charge in [0.25, 0.3) is 0 Å². The fourth-order valence-electron chi connectivity index (χ4n) is 9.79. The molecule has 0 aliphatic rings. The second kappa shape index (κ2) is 17.3. The molecular formula is C57H38I3N3O3. The number of hydrogen-bond acceptors (Lipinski definition) is 3. The first-order chi connectivity index (χ1) is 32.6. The third-order valence-electron chi connectivity index (χ3n) is 12.7. The molecule has 0 bridgehead atoms. The average Bonchev–Trinajstić information content (AvgIpc) is 4.00.